The Morgan fingerprint density at radius 3 is 2.55 bits per heavy atom. The van der Waals surface area contributed by atoms with Crippen LogP contribution in [0.2, 0.25) is 0 Å². The minimum atomic E-state index is -0.149. The highest BCUT2D eigenvalue weighted by molar-refractivity contribution is 6.07. The zero-order valence-electron chi connectivity index (χ0n) is 12.6. The molecule has 2 aromatic rings. The topological polar surface area (TPSA) is 55.8 Å². The molecule has 1 N–H and O–H groups in total. The van der Waals surface area contributed by atoms with Crippen molar-refractivity contribution < 1.29 is 19.4 Å². The third-order valence-electron chi connectivity index (χ3n) is 3.08. The van der Waals surface area contributed by atoms with E-state index in [1.807, 2.05) is 25.1 Å². The summed E-state index contributed by atoms with van der Waals surface area (Å²) < 4.78 is 10.9. The van der Waals surface area contributed by atoms with Gasteiger partial charge in [-0.2, -0.15) is 0 Å². The van der Waals surface area contributed by atoms with Crippen molar-refractivity contribution in [2.45, 2.75) is 6.92 Å². The van der Waals surface area contributed by atoms with Gasteiger partial charge in [-0.05, 0) is 49.4 Å². The number of phenols is 1. The fourth-order valence-electron chi connectivity index (χ4n) is 2.04. The summed E-state index contributed by atoms with van der Waals surface area (Å²) in [7, 11) is 1.57. The molecule has 2 rings (SSSR count). The number of phenolic OH excluding ortho intramolecular Hbond substituents is 1. The van der Waals surface area contributed by atoms with Crippen LogP contribution in [0.1, 0.15) is 22.8 Å². The van der Waals surface area contributed by atoms with Crippen molar-refractivity contribution >= 4 is 11.9 Å². The molecule has 0 aromatic heterocycles. The van der Waals surface area contributed by atoms with Gasteiger partial charge in [-0.1, -0.05) is 12.1 Å². The molecule has 0 fully saturated rings. The van der Waals surface area contributed by atoms with Crippen molar-refractivity contribution in [2.75, 3.05) is 13.7 Å². The van der Waals surface area contributed by atoms with Gasteiger partial charge in [0.2, 0.25) is 0 Å². The zero-order chi connectivity index (χ0) is 15.9. The van der Waals surface area contributed by atoms with Gasteiger partial charge >= 0.3 is 0 Å². The van der Waals surface area contributed by atoms with E-state index in [0.29, 0.717) is 23.7 Å². The summed E-state index contributed by atoms with van der Waals surface area (Å²) in [5.41, 5.74) is 1.27. The summed E-state index contributed by atoms with van der Waals surface area (Å²) in [6.07, 6.45) is 3.16. The van der Waals surface area contributed by atoms with E-state index in [1.165, 1.54) is 18.2 Å². The molecule has 0 bridgehead atoms. The van der Waals surface area contributed by atoms with Crippen LogP contribution in [0.4, 0.5) is 0 Å². The maximum absolute atomic E-state index is 12.1. The molecule has 4 heteroatoms. The summed E-state index contributed by atoms with van der Waals surface area (Å²) in [5, 5.41) is 9.24. The first-order chi connectivity index (χ1) is 10.7. The molecule has 4 nitrogen and oxygen atoms in total. The Balaban J connectivity index is 2.24. The molecule has 0 unspecified atom stereocenters. The smallest absolute Gasteiger partial charge is 0.185 e. The molecule has 0 atom stereocenters. The van der Waals surface area contributed by atoms with Crippen LogP contribution in [0, 0.1) is 0 Å². The predicted molar refractivity (Wildman–Crippen MR) is 85.6 cm³/mol. The molecule has 0 amide bonds. The van der Waals surface area contributed by atoms with Crippen LogP contribution in [0.5, 0.6) is 17.2 Å². The number of rotatable bonds is 6. The summed E-state index contributed by atoms with van der Waals surface area (Å²) in [6, 6.07) is 11.6. The van der Waals surface area contributed by atoms with E-state index in [4.69, 9.17) is 9.47 Å². The first-order valence-corrected chi connectivity index (χ1v) is 6.97. The summed E-state index contributed by atoms with van der Waals surface area (Å²) in [5.74, 6) is 1.22. The predicted octanol–water partition coefficient (Wildman–Crippen LogP) is 3.70. The lowest BCUT2D eigenvalue weighted by atomic mass is 10.1. The van der Waals surface area contributed by atoms with Crippen molar-refractivity contribution in [1.82, 2.24) is 0 Å². The van der Waals surface area contributed by atoms with Gasteiger partial charge in [-0.3, -0.25) is 4.79 Å². The lowest BCUT2D eigenvalue weighted by Crippen LogP contribution is -1.97. The molecule has 22 heavy (non-hydrogen) atoms. The average molecular weight is 298 g/mol. The standard InChI is InChI=1S/C18H18O4/c1-3-22-17-6-4-5-14(18(17)21-2)9-12-16(20)13-7-10-15(19)11-8-13/h4-12,19H,3H2,1-2H3/b12-9+. The normalized spacial score (nSPS) is 10.6. The van der Waals surface area contributed by atoms with Gasteiger partial charge in [0.05, 0.1) is 13.7 Å². The van der Waals surface area contributed by atoms with Gasteiger partial charge in [0.25, 0.3) is 0 Å². The Bertz CT molecular complexity index is 672. The van der Waals surface area contributed by atoms with Crippen molar-refractivity contribution in [2.24, 2.45) is 0 Å². The molecule has 0 heterocycles. The van der Waals surface area contributed by atoms with Crippen LogP contribution in [-0.4, -0.2) is 24.6 Å². The second-order valence-electron chi connectivity index (χ2n) is 4.56. The summed E-state index contributed by atoms with van der Waals surface area (Å²) in [6.45, 7) is 2.44. The molecule has 0 radical (unpaired) electrons. The van der Waals surface area contributed by atoms with Crippen LogP contribution < -0.4 is 9.47 Å². The van der Waals surface area contributed by atoms with E-state index in [1.54, 1.807) is 25.3 Å². The van der Waals surface area contributed by atoms with Gasteiger partial charge in [0, 0.05) is 11.1 Å². The average Bonchev–Trinajstić information content (AvgIpc) is 2.53. The van der Waals surface area contributed by atoms with Crippen LogP contribution in [0.15, 0.2) is 48.5 Å². The molecule has 2 aromatic carbocycles. The molecule has 0 saturated heterocycles. The monoisotopic (exact) mass is 298 g/mol. The van der Waals surface area contributed by atoms with Gasteiger partial charge < -0.3 is 14.6 Å². The Morgan fingerprint density at radius 2 is 1.91 bits per heavy atom. The van der Waals surface area contributed by atoms with E-state index in [2.05, 4.69) is 0 Å². The number of carbonyl (C=O) groups excluding carboxylic acids is 1. The Kier molecular flexibility index (Phi) is 5.20. The van der Waals surface area contributed by atoms with Gasteiger partial charge in [-0.25, -0.2) is 0 Å². The number of allylic oxidation sites excluding steroid dienone is 1. The summed E-state index contributed by atoms with van der Waals surface area (Å²) >= 11 is 0. The number of para-hydroxylation sites is 1. The van der Waals surface area contributed by atoms with Crippen LogP contribution in [0.3, 0.4) is 0 Å². The minimum absolute atomic E-state index is 0.131. The first kappa shape index (κ1) is 15.6. The molecule has 114 valence electrons. The quantitative estimate of drug-likeness (QED) is 0.652. The second-order valence-corrected chi connectivity index (χ2v) is 4.56. The number of benzene rings is 2. The summed E-state index contributed by atoms with van der Waals surface area (Å²) in [4.78, 5) is 12.1. The van der Waals surface area contributed by atoms with Crippen molar-refractivity contribution in [3.63, 3.8) is 0 Å². The third kappa shape index (κ3) is 3.67. The Labute approximate surface area is 129 Å². The third-order valence-corrected chi connectivity index (χ3v) is 3.08. The number of aromatic hydroxyl groups is 1. The molecular formula is C18H18O4. The number of ketones is 1. The van der Waals surface area contributed by atoms with Crippen LogP contribution in [-0.2, 0) is 0 Å². The SMILES string of the molecule is CCOc1cccc(/C=C/C(=O)c2ccc(O)cc2)c1OC. The number of methoxy groups -OCH3 is 1. The molecule has 0 spiro atoms. The van der Waals surface area contributed by atoms with Crippen molar-refractivity contribution in [3.8, 4) is 17.2 Å². The zero-order valence-corrected chi connectivity index (χ0v) is 12.6. The molecule has 0 saturated carbocycles. The minimum Gasteiger partial charge on any atom is -0.508 e. The molecule has 0 aliphatic heterocycles. The lowest BCUT2D eigenvalue weighted by Gasteiger charge is -2.11. The molecular weight excluding hydrogens is 280 g/mol. The Morgan fingerprint density at radius 1 is 1.18 bits per heavy atom. The molecule has 0 aliphatic carbocycles. The van der Waals surface area contributed by atoms with E-state index in [0.717, 1.165) is 5.56 Å². The van der Waals surface area contributed by atoms with E-state index in [-0.39, 0.29) is 11.5 Å². The second kappa shape index (κ2) is 7.31. The molecule has 0 aliphatic rings. The highest BCUT2D eigenvalue weighted by atomic mass is 16.5. The lowest BCUT2D eigenvalue weighted by molar-refractivity contribution is 0.104. The maximum Gasteiger partial charge on any atom is 0.185 e. The van der Waals surface area contributed by atoms with Gasteiger partial charge in [0.1, 0.15) is 5.75 Å². The fraction of sp³-hybridized carbons (Fsp3) is 0.167. The number of hydrogen-bond donors (Lipinski definition) is 1. The van der Waals surface area contributed by atoms with Crippen LogP contribution in [0.25, 0.3) is 6.08 Å². The van der Waals surface area contributed by atoms with Gasteiger partial charge in [0.15, 0.2) is 17.3 Å². The van der Waals surface area contributed by atoms with E-state index >= 15 is 0 Å². The first-order valence-electron chi connectivity index (χ1n) is 6.97. The largest absolute Gasteiger partial charge is 0.508 e. The van der Waals surface area contributed by atoms with Crippen molar-refractivity contribution in [1.29, 1.82) is 0 Å². The maximum atomic E-state index is 12.1. The Hall–Kier alpha value is -2.75. The number of hydrogen-bond acceptors (Lipinski definition) is 4. The van der Waals surface area contributed by atoms with Crippen molar-refractivity contribution in [3.05, 3.63) is 59.7 Å². The highest BCUT2D eigenvalue weighted by Crippen LogP contribution is 2.31. The van der Waals surface area contributed by atoms with Crippen LogP contribution >= 0.6 is 0 Å². The van der Waals surface area contributed by atoms with E-state index in [9.17, 15) is 9.90 Å². The van der Waals surface area contributed by atoms with Gasteiger partial charge in [-0.15, -0.1) is 0 Å². The highest BCUT2D eigenvalue weighted by Gasteiger charge is 2.08. The number of carbonyl (C=O) groups is 1. The van der Waals surface area contributed by atoms with E-state index < -0.39 is 0 Å². The fourth-order valence-corrected chi connectivity index (χ4v) is 2.04. The number of ether oxygens (including phenoxy) is 2.